The third-order valence-electron chi connectivity index (χ3n) is 3.42. The van der Waals surface area contributed by atoms with Crippen molar-refractivity contribution in [1.82, 2.24) is 9.62 Å². The maximum atomic E-state index is 12.2. The fourth-order valence-corrected chi connectivity index (χ4v) is 3.68. The van der Waals surface area contributed by atoms with Crippen molar-refractivity contribution in [2.75, 3.05) is 27.2 Å². The normalized spacial score (nSPS) is 19.1. The van der Waals surface area contributed by atoms with Gasteiger partial charge in [0.05, 0.1) is 17.0 Å². The number of hydrogen-bond donors (Lipinski definition) is 1. The molecule has 1 aliphatic heterocycles. The highest BCUT2D eigenvalue weighted by atomic mass is 35.5. The highest BCUT2D eigenvalue weighted by molar-refractivity contribution is 7.89. The summed E-state index contributed by atoms with van der Waals surface area (Å²) in [6.45, 7) is 0.785. The van der Waals surface area contributed by atoms with Crippen LogP contribution in [0.1, 0.15) is 6.42 Å². The summed E-state index contributed by atoms with van der Waals surface area (Å²) in [6.07, 6.45) is 0.363. The molecule has 8 heteroatoms. The maximum Gasteiger partial charge on any atom is 0.240 e. The summed E-state index contributed by atoms with van der Waals surface area (Å²) in [4.78, 5) is 13.1. The van der Waals surface area contributed by atoms with E-state index in [1.54, 1.807) is 11.9 Å². The van der Waals surface area contributed by atoms with Crippen molar-refractivity contribution in [3.63, 3.8) is 0 Å². The molecule has 1 aromatic rings. The second-order valence-electron chi connectivity index (χ2n) is 4.99. The second kappa shape index (κ2) is 6.21. The molecule has 1 unspecified atom stereocenters. The van der Waals surface area contributed by atoms with E-state index in [0.717, 1.165) is 0 Å². The Hall–Kier alpha value is -1.31. The van der Waals surface area contributed by atoms with E-state index < -0.39 is 10.0 Å². The van der Waals surface area contributed by atoms with Gasteiger partial charge in [0.15, 0.2) is 0 Å². The Morgan fingerprint density at radius 3 is 2.71 bits per heavy atom. The van der Waals surface area contributed by atoms with E-state index in [1.165, 1.54) is 25.3 Å². The van der Waals surface area contributed by atoms with E-state index in [9.17, 15) is 13.2 Å². The number of carbonyl (C=O) groups excluding carboxylic acids is 1. The lowest BCUT2D eigenvalue weighted by Crippen LogP contribution is -2.30. The molecular formula is C13H17ClN2O4S. The van der Waals surface area contributed by atoms with Gasteiger partial charge in [-0.1, -0.05) is 11.6 Å². The number of carbonyl (C=O) groups is 1. The van der Waals surface area contributed by atoms with Crippen LogP contribution >= 0.6 is 11.6 Å². The van der Waals surface area contributed by atoms with E-state index in [2.05, 4.69) is 4.72 Å². The monoisotopic (exact) mass is 332 g/mol. The molecule has 0 aromatic heterocycles. The fourth-order valence-electron chi connectivity index (χ4n) is 2.22. The van der Waals surface area contributed by atoms with Crippen molar-refractivity contribution < 1.29 is 17.9 Å². The number of sulfonamides is 1. The lowest BCUT2D eigenvalue weighted by Gasteiger charge is -2.12. The zero-order valence-corrected chi connectivity index (χ0v) is 13.4. The number of amides is 1. The van der Waals surface area contributed by atoms with Gasteiger partial charge in [-0.05, 0) is 24.1 Å². The molecular weight excluding hydrogens is 316 g/mol. The van der Waals surface area contributed by atoms with Crippen LogP contribution in [0.2, 0.25) is 5.02 Å². The fraction of sp³-hybridized carbons (Fsp3) is 0.462. The first-order chi connectivity index (χ1) is 9.83. The Kier molecular flexibility index (Phi) is 4.75. The van der Waals surface area contributed by atoms with Gasteiger partial charge < -0.3 is 9.64 Å². The Morgan fingerprint density at radius 2 is 2.19 bits per heavy atom. The van der Waals surface area contributed by atoms with Gasteiger partial charge in [0.25, 0.3) is 0 Å². The molecule has 0 bridgehead atoms. The predicted molar refractivity (Wildman–Crippen MR) is 78.9 cm³/mol. The number of benzene rings is 1. The second-order valence-corrected chi connectivity index (χ2v) is 7.17. The molecule has 1 heterocycles. The van der Waals surface area contributed by atoms with Gasteiger partial charge in [0.2, 0.25) is 15.9 Å². The predicted octanol–water partition coefficient (Wildman–Crippen LogP) is 1.11. The molecule has 0 saturated carbocycles. The van der Waals surface area contributed by atoms with Gasteiger partial charge in [0, 0.05) is 26.6 Å². The minimum atomic E-state index is -3.65. The van der Waals surface area contributed by atoms with Crippen LogP contribution in [0.3, 0.4) is 0 Å². The summed E-state index contributed by atoms with van der Waals surface area (Å²) in [6, 6.07) is 4.28. The van der Waals surface area contributed by atoms with Crippen LogP contribution in [0.5, 0.6) is 5.75 Å². The molecule has 0 spiro atoms. The first kappa shape index (κ1) is 16.1. The number of methoxy groups -OCH3 is 1. The van der Waals surface area contributed by atoms with Crippen molar-refractivity contribution >= 4 is 27.5 Å². The first-order valence-electron chi connectivity index (χ1n) is 6.40. The molecule has 0 radical (unpaired) electrons. The smallest absolute Gasteiger partial charge is 0.240 e. The van der Waals surface area contributed by atoms with Crippen molar-refractivity contribution in [1.29, 1.82) is 0 Å². The summed E-state index contributed by atoms with van der Waals surface area (Å²) >= 11 is 5.93. The lowest BCUT2D eigenvalue weighted by atomic mass is 10.1. The van der Waals surface area contributed by atoms with E-state index in [4.69, 9.17) is 16.3 Å². The summed E-state index contributed by atoms with van der Waals surface area (Å²) < 4.78 is 31.9. The van der Waals surface area contributed by atoms with E-state index >= 15 is 0 Å². The summed E-state index contributed by atoms with van der Waals surface area (Å²) in [5.41, 5.74) is 0. The standard InChI is InChI=1S/C13H17ClN2O4S/c1-16-8-9(5-13(16)17)7-15-21(18,19)10-3-4-12(20-2)11(14)6-10/h3-4,6,9,15H,5,7-8H2,1-2H3. The van der Waals surface area contributed by atoms with E-state index in [0.29, 0.717) is 18.7 Å². The van der Waals surface area contributed by atoms with Gasteiger partial charge >= 0.3 is 0 Å². The van der Waals surface area contributed by atoms with Crippen LogP contribution in [0.4, 0.5) is 0 Å². The number of likely N-dealkylation sites (tertiary alicyclic amines) is 1. The Labute approximate surface area is 129 Å². The van der Waals surface area contributed by atoms with E-state index in [-0.39, 0.29) is 28.3 Å². The van der Waals surface area contributed by atoms with Crippen molar-refractivity contribution in [3.05, 3.63) is 23.2 Å². The third-order valence-corrected chi connectivity index (χ3v) is 5.13. The minimum Gasteiger partial charge on any atom is -0.495 e. The van der Waals surface area contributed by atoms with Gasteiger partial charge in [-0.15, -0.1) is 0 Å². The SMILES string of the molecule is COc1ccc(S(=O)(=O)NCC2CC(=O)N(C)C2)cc1Cl. The van der Waals surface area contributed by atoms with Gasteiger partial charge in [-0.3, -0.25) is 4.79 Å². The highest BCUT2D eigenvalue weighted by Gasteiger charge is 2.28. The molecule has 1 fully saturated rings. The number of ether oxygens (including phenoxy) is 1. The number of rotatable bonds is 5. The van der Waals surface area contributed by atoms with Gasteiger partial charge in [0.1, 0.15) is 5.75 Å². The molecule has 116 valence electrons. The number of nitrogens with one attached hydrogen (secondary N) is 1. The van der Waals surface area contributed by atoms with E-state index in [1.807, 2.05) is 0 Å². The molecule has 1 aromatic carbocycles. The topological polar surface area (TPSA) is 75.7 Å². The first-order valence-corrected chi connectivity index (χ1v) is 8.27. The van der Waals surface area contributed by atoms with Crippen LogP contribution in [-0.2, 0) is 14.8 Å². The summed E-state index contributed by atoms with van der Waals surface area (Å²) in [5, 5.41) is 0.233. The molecule has 21 heavy (non-hydrogen) atoms. The number of nitrogens with zero attached hydrogens (tertiary/aromatic N) is 1. The molecule has 1 amide bonds. The van der Waals surface area contributed by atoms with Gasteiger partial charge in [-0.25, -0.2) is 13.1 Å². The summed E-state index contributed by atoms with van der Waals surface area (Å²) in [5.74, 6) is 0.441. The number of hydrogen-bond acceptors (Lipinski definition) is 4. The van der Waals surface area contributed by atoms with Crippen molar-refractivity contribution in [2.45, 2.75) is 11.3 Å². The van der Waals surface area contributed by atoms with Crippen LogP contribution < -0.4 is 9.46 Å². The average Bonchev–Trinajstić information content (AvgIpc) is 2.76. The van der Waals surface area contributed by atoms with Crippen LogP contribution in [0.15, 0.2) is 23.1 Å². The zero-order valence-electron chi connectivity index (χ0n) is 11.8. The van der Waals surface area contributed by atoms with Crippen molar-refractivity contribution in [3.8, 4) is 5.75 Å². The van der Waals surface area contributed by atoms with Crippen LogP contribution in [0.25, 0.3) is 0 Å². The third kappa shape index (κ3) is 3.66. The molecule has 1 atom stereocenters. The lowest BCUT2D eigenvalue weighted by molar-refractivity contribution is -0.126. The largest absolute Gasteiger partial charge is 0.495 e. The Balaban J connectivity index is 2.05. The Bertz CT molecular complexity index is 648. The maximum absolute atomic E-state index is 12.2. The molecule has 1 N–H and O–H groups in total. The molecule has 0 aliphatic carbocycles. The van der Waals surface area contributed by atoms with Crippen molar-refractivity contribution in [2.24, 2.45) is 5.92 Å². The highest BCUT2D eigenvalue weighted by Crippen LogP contribution is 2.27. The summed E-state index contributed by atoms with van der Waals surface area (Å²) in [7, 11) is -0.482. The quantitative estimate of drug-likeness (QED) is 0.876. The zero-order chi connectivity index (χ0) is 15.6. The molecule has 6 nitrogen and oxygen atoms in total. The van der Waals surface area contributed by atoms with Crippen LogP contribution in [-0.4, -0.2) is 46.5 Å². The minimum absolute atomic E-state index is 0.00834. The van der Waals surface area contributed by atoms with Gasteiger partial charge in [-0.2, -0.15) is 0 Å². The number of halogens is 1. The molecule has 1 aliphatic rings. The molecule has 1 saturated heterocycles. The van der Waals surface area contributed by atoms with Crippen LogP contribution in [0, 0.1) is 5.92 Å². The molecule has 2 rings (SSSR count). The average molecular weight is 333 g/mol. The Morgan fingerprint density at radius 1 is 1.48 bits per heavy atom.